The molecule has 13 heteroatoms. The first kappa shape index (κ1) is 26.3. The van der Waals surface area contributed by atoms with Gasteiger partial charge in [-0.05, 0) is 43.5 Å². The minimum absolute atomic E-state index is 0.0337. The van der Waals surface area contributed by atoms with Crippen molar-refractivity contribution in [2.24, 2.45) is 5.73 Å². The second-order valence-corrected chi connectivity index (χ2v) is 8.82. The number of piperidine rings is 1. The summed E-state index contributed by atoms with van der Waals surface area (Å²) in [6.45, 7) is 2.08. The van der Waals surface area contributed by atoms with Gasteiger partial charge in [0.2, 0.25) is 5.91 Å². The van der Waals surface area contributed by atoms with Crippen LogP contribution in [0.25, 0.3) is 0 Å². The molecule has 192 valence electrons. The Morgan fingerprint density at radius 1 is 1.09 bits per heavy atom. The van der Waals surface area contributed by atoms with Crippen LogP contribution >= 0.6 is 0 Å². The van der Waals surface area contributed by atoms with E-state index in [-0.39, 0.29) is 48.6 Å². The van der Waals surface area contributed by atoms with Crippen molar-refractivity contribution in [2.75, 3.05) is 11.9 Å². The van der Waals surface area contributed by atoms with Crippen LogP contribution in [-0.4, -0.2) is 77.1 Å². The molecular weight excluding hydrogens is 458 g/mol. The Hall–Kier alpha value is -3.26. The zero-order chi connectivity index (χ0) is 25.5. The minimum atomic E-state index is -1.29. The fourth-order valence-corrected chi connectivity index (χ4v) is 4.38. The summed E-state index contributed by atoms with van der Waals surface area (Å²) in [5.74, 6) is -3.15. The number of carboxylic acid groups (broad SMARTS) is 2. The van der Waals surface area contributed by atoms with E-state index in [1.807, 2.05) is 0 Å². The highest BCUT2D eigenvalue weighted by Crippen LogP contribution is 2.19. The molecule has 2 aliphatic rings. The summed E-state index contributed by atoms with van der Waals surface area (Å²) in [5.41, 5.74) is 7.04. The lowest BCUT2D eigenvalue weighted by Crippen LogP contribution is -2.78. The molecule has 13 nitrogen and oxygen atoms in total. The number of fused-ring (bicyclic) bond motifs is 1. The van der Waals surface area contributed by atoms with E-state index in [2.05, 4.69) is 31.9 Å². The van der Waals surface area contributed by atoms with Crippen LogP contribution < -0.4 is 37.6 Å². The molecule has 10 N–H and O–H groups in total. The predicted octanol–water partition coefficient (Wildman–Crippen LogP) is -1.47. The maximum atomic E-state index is 12.4. The number of carboxylic acids is 2. The van der Waals surface area contributed by atoms with Crippen LogP contribution in [0.15, 0.2) is 24.3 Å². The fourth-order valence-electron chi connectivity index (χ4n) is 4.38. The number of benzene rings is 1. The monoisotopic (exact) mass is 491 g/mol. The molecule has 0 radical (unpaired) electrons. The van der Waals surface area contributed by atoms with Crippen molar-refractivity contribution >= 4 is 29.4 Å². The van der Waals surface area contributed by atoms with E-state index >= 15 is 0 Å². The SMILES string of the molecule is CC(=O)NC1NC(N)NC2CCC(CNc3ccc(C(=O)N[C@H](CCC(=O)O)C(=O)O)cc3)NC21. The number of anilines is 1. The van der Waals surface area contributed by atoms with E-state index < -0.39 is 30.2 Å². The Labute approximate surface area is 202 Å². The number of aliphatic carboxylic acids is 2. The van der Waals surface area contributed by atoms with Crippen LogP contribution in [0.3, 0.4) is 0 Å². The number of nitrogens with one attached hydrogen (secondary N) is 6. The van der Waals surface area contributed by atoms with Gasteiger partial charge in [-0.1, -0.05) is 0 Å². The number of hydrogen-bond acceptors (Lipinski definition) is 9. The average molecular weight is 492 g/mol. The maximum absolute atomic E-state index is 12.4. The molecule has 1 aromatic carbocycles. The van der Waals surface area contributed by atoms with E-state index in [1.165, 1.54) is 6.92 Å². The normalized spacial score (nSPS) is 26.6. The van der Waals surface area contributed by atoms with Gasteiger partial charge in [-0.3, -0.25) is 25.0 Å². The second-order valence-electron chi connectivity index (χ2n) is 8.82. The molecule has 0 aliphatic carbocycles. The molecule has 5 unspecified atom stereocenters. The Kier molecular flexibility index (Phi) is 8.98. The molecule has 0 bridgehead atoms. The number of nitrogens with two attached hydrogens (primary N) is 1. The molecule has 2 heterocycles. The minimum Gasteiger partial charge on any atom is -0.481 e. The predicted molar refractivity (Wildman–Crippen MR) is 126 cm³/mol. The van der Waals surface area contributed by atoms with E-state index in [1.54, 1.807) is 24.3 Å². The lowest BCUT2D eigenvalue weighted by molar-refractivity contribution is -0.140. The van der Waals surface area contributed by atoms with Crippen molar-refractivity contribution in [2.45, 2.75) is 69.2 Å². The van der Waals surface area contributed by atoms with Gasteiger partial charge < -0.3 is 37.2 Å². The molecule has 2 saturated heterocycles. The van der Waals surface area contributed by atoms with Crippen molar-refractivity contribution in [1.29, 1.82) is 0 Å². The standard InChI is InChI=1S/C22H33N7O6/c1-11(30)25-19-18-15(28-22(23)29-19)7-6-14(26-18)10-24-13-4-2-12(3-5-13)20(33)27-16(21(34)35)8-9-17(31)32/h2-5,14-16,18-19,22,24,26,28-29H,6-10,23H2,1H3,(H,25,30)(H,27,33)(H,31,32)(H,34,35)/t14?,15?,16-,18?,19?,22?/m1/s1. The Morgan fingerprint density at radius 2 is 1.80 bits per heavy atom. The van der Waals surface area contributed by atoms with Crippen LogP contribution in [-0.2, 0) is 14.4 Å². The summed E-state index contributed by atoms with van der Waals surface area (Å²) < 4.78 is 0. The smallest absolute Gasteiger partial charge is 0.326 e. The van der Waals surface area contributed by atoms with Crippen molar-refractivity contribution in [3.63, 3.8) is 0 Å². The van der Waals surface area contributed by atoms with Gasteiger partial charge in [0.1, 0.15) is 12.3 Å². The highest BCUT2D eigenvalue weighted by molar-refractivity contribution is 5.96. The van der Waals surface area contributed by atoms with E-state index in [9.17, 15) is 24.3 Å². The van der Waals surface area contributed by atoms with Gasteiger partial charge in [0.15, 0.2) is 0 Å². The van der Waals surface area contributed by atoms with Crippen molar-refractivity contribution < 1.29 is 29.4 Å². The topological polar surface area (TPSA) is 207 Å². The lowest BCUT2D eigenvalue weighted by Gasteiger charge is -2.47. The maximum Gasteiger partial charge on any atom is 0.326 e. The number of carbonyl (C=O) groups is 4. The van der Waals surface area contributed by atoms with Gasteiger partial charge in [0.05, 0.1) is 12.2 Å². The molecule has 0 spiro atoms. The first-order valence-electron chi connectivity index (χ1n) is 11.5. The zero-order valence-electron chi connectivity index (χ0n) is 19.4. The summed E-state index contributed by atoms with van der Waals surface area (Å²) in [6, 6.07) is 5.53. The molecule has 2 fully saturated rings. The number of rotatable bonds is 10. The Bertz CT molecular complexity index is 927. The van der Waals surface area contributed by atoms with Crippen molar-refractivity contribution in [3.05, 3.63) is 29.8 Å². The van der Waals surface area contributed by atoms with Gasteiger partial charge >= 0.3 is 11.9 Å². The van der Waals surface area contributed by atoms with Crippen LogP contribution in [0.4, 0.5) is 5.69 Å². The van der Waals surface area contributed by atoms with Crippen LogP contribution in [0, 0.1) is 0 Å². The highest BCUT2D eigenvalue weighted by atomic mass is 16.4. The third-order valence-corrected chi connectivity index (χ3v) is 6.11. The first-order chi connectivity index (χ1) is 16.6. The molecule has 6 atom stereocenters. The first-order valence-corrected chi connectivity index (χ1v) is 11.5. The summed E-state index contributed by atoms with van der Waals surface area (Å²) in [6.07, 6.45) is 0.533. The van der Waals surface area contributed by atoms with Crippen LogP contribution in [0.1, 0.15) is 43.0 Å². The van der Waals surface area contributed by atoms with E-state index in [0.29, 0.717) is 6.54 Å². The molecule has 2 aliphatic heterocycles. The molecule has 0 saturated carbocycles. The quantitative estimate of drug-likeness (QED) is 0.185. The molecule has 2 amide bonds. The number of carbonyl (C=O) groups excluding carboxylic acids is 2. The van der Waals surface area contributed by atoms with Gasteiger partial charge in [-0.15, -0.1) is 0 Å². The van der Waals surface area contributed by atoms with Crippen molar-refractivity contribution in [3.8, 4) is 0 Å². The summed E-state index contributed by atoms with van der Waals surface area (Å²) >= 11 is 0. The lowest BCUT2D eigenvalue weighted by atomic mass is 9.90. The molecule has 3 rings (SSSR count). The molecule has 35 heavy (non-hydrogen) atoms. The van der Waals surface area contributed by atoms with E-state index in [4.69, 9.17) is 10.8 Å². The molecule has 0 aromatic heterocycles. The highest BCUT2D eigenvalue weighted by Gasteiger charge is 2.40. The third-order valence-electron chi connectivity index (χ3n) is 6.11. The number of hydrogen-bond donors (Lipinski definition) is 9. The summed E-state index contributed by atoms with van der Waals surface area (Å²) in [4.78, 5) is 45.9. The largest absolute Gasteiger partial charge is 0.481 e. The number of amides is 2. The van der Waals surface area contributed by atoms with Crippen molar-refractivity contribution in [1.82, 2.24) is 26.6 Å². The van der Waals surface area contributed by atoms with Crippen LogP contribution in [0.2, 0.25) is 0 Å². The summed E-state index contributed by atoms with van der Waals surface area (Å²) in [7, 11) is 0. The summed E-state index contributed by atoms with van der Waals surface area (Å²) in [5, 5.41) is 36.5. The Balaban J connectivity index is 1.52. The van der Waals surface area contributed by atoms with Gasteiger partial charge in [-0.2, -0.15) is 0 Å². The molecule has 1 aromatic rings. The van der Waals surface area contributed by atoms with Gasteiger partial charge in [0.25, 0.3) is 5.91 Å². The fraction of sp³-hybridized carbons (Fsp3) is 0.545. The zero-order valence-corrected chi connectivity index (χ0v) is 19.4. The Morgan fingerprint density at radius 3 is 2.43 bits per heavy atom. The average Bonchev–Trinajstić information content (AvgIpc) is 2.80. The van der Waals surface area contributed by atoms with Gasteiger partial charge in [-0.25, -0.2) is 4.79 Å². The van der Waals surface area contributed by atoms with E-state index in [0.717, 1.165) is 18.5 Å². The third kappa shape index (κ3) is 7.62. The van der Waals surface area contributed by atoms with Gasteiger partial charge in [0, 0.05) is 43.2 Å². The second kappa shape index (κ2) is 11.9. The molecular formula is C22H33N7O6. The van der Waals surface area contributed by atoms with Crippen LogP contribution in [0.5, 0.6) is 0 Å².